The Bertz CT molecular complexity index is 970. The molecule has 3 rings (SSSR count). The lowest BCUT2D eigenvalue weighted by molar-refractivity contribution is -0.134. The van der Waals surface area contributed by atoms with Crippen molar-refractivity contribution < 1.29 is 19.8 Å². The van der Waals surface area contributed by atoms with E-state index in [4.69, 9.17) is 10.2 Å². The second kappa shape index (κ2) is 9.00. The Morgan fingerprint density at radius 1 is 1.07 bits per heavy atom. The summed E-state index contributed by atoms with van der Waals surface area (Å²) < 4.78 is 2.06. The van der Waals surface area contributed by atoms with Crippen molar-refractivity contribution in [3.8, 4) is 0 Å². The Morgan fingerprint density at radius 2 is 1.74 bits per heavy atom. The molecule has 0 spiro atoms. The maximum absolute atomic E-state index is 9.55. The van der Waals surface area contributed by atoms with E-state index in [9.17, 15) is 9.59 Å². The fourth-order valence-corrected chi connectivity index (χ4v) is 2.44. The lowest BCUT2D eigenvalue weighted by Crippen LogP contribution is -2.24. The van der Waals surface area contributed by atoms with E-state index in [2.05, 4.69) is 27.3 Å². The first-order valence-corrected chi connectivity index (χ1v) is 7.95. The highest BCUT2D eigenvalue weighted by Gasteiger charge is 2.09. The largest absolute Gasteiger partial charge is 0.478 e. The summed E-state index contributed by atoms with van der Waals surface area (Å²) >= 11 is 0. The predicted octanol–water partition coefficient (Wildman–Crippen LogP) is 3.29. The third kappa shape index (κ3) is 5.05. The lowest BCUT2D eigenvalue weighted by atomic mass is 10.2. The number of hydrogen-bond donors (Lipinski definition) is 2. The number of carbonyl (C=O) groups is 2. The van der Waals surface area contributed by atoms with Gasteiger partial charge in [-0.15, -0.1) is 0 Å². The zero-order chi connectivity index (χ0) is 19.8. The smallest absolute Gasteiger partial charge is 0.328 e. The monoisotopic (exact) mass is 365 g/mol. The number of aromatic nitrogens is 2. The van der Waals surface area contributed by atoms with E-state index in [0.717, 1.165) is 22.3 Å². The average molecular weight is 365 g/mol. The molecule has 0 saturated heterocycles. The molecule has 0 amide bonds. The van der Waals surface area contributed by atoms with Gasteiger partial charge in [0.25, 0.3) is 0 Å². The van der Waals surface area contributed by atoms with Gasteiger partial charge < -0.3 is 10.2 Å². The predicted molar refractivity (Wildman–Crippen MR) is 104 cm³/mol. The molecular weight excluding hydrogens is 346 g/mol. The van der Waals surface area contributed by atoms with Crippen LogP contribution in [0.2, 0.25) is 0 Å². The fraction of sp³-hybridized carbons (Fsp3) is 0.0500. The number of pyridine rings is 1. The molecule has 27 heavy (non-hydrogen) atoms. The molecule has 3 aromatic rings. The molecule has 2 N–H and O–H groups in total. The van der Waals surface area contributed by atoms with E-state index in [1.165, 1.54) is 0 Å². The van der Waals surface area contributed by atoms with Gasteiger partial charge >= 0.3 is 11.9 Å². The summed E-state index contributed by atoms with van der Waals surface area (Å²) in [5, 5.41) is 18.9. The summed E-state index contributed by atoms with van der Waals surface area (Å²) in [6.45, 7) is 3.84. The summed E-state index contributed by atoms with van der Waals surface area (Å²) in [4.78, 5) is 23.5. The highest BCUT2D eigenvalue weighted by atomic mass is 16.4. The molecule has 0 saturated carbocycles. The molecule has 2 aromatic heterocycles. The minimum atomic E-state index is -1.26. The number of benzene rings is 1. The third-order valence-electron chi connectivity index (χ3n) is 3.63. The Morgan fingerprint density at radius 3 is 2.37 bits per heavy atom. The molecule has 0 atom stereocenters. The van der Waals surface area contributed by atoms with Crippen LogP contribution in [0.5, 0.6) is 0 Å². The van der Waals surface area contributed by atoms with Crippen molar-refractivity contribution in [2.24, 2.45) is 0 Å². The Balaban J connectivity index is 0.000000279. The minimum absolute atomic E-state index is 0.558. The van der Waals surface area contributed by atoms with Crippen molar-refractivity contribution in [3.63, 3.8) is 0 Å². The van der Waals surface area contributed by atoms with Gasteiger partial charge in [-0.1, -0.05) is 24.8 Å². The molecule has 0 bridgehead atoms. The van der Waals surface area contributed by atoms with E-state index in [1.54, 1.807) is 0 Å². The summed E-state index contributed by atoms with van der Waals surface area (Å²) in [7, 11) is 2.04. The second-order valence-corrected chi connectivity index (χ2v) is 5.36. The average Bonchev–Trinajstić information content (AvgIpc) is 3.14. The van der Waals surface area contributed by atoms with Gasteiger partial charge in [0.2, 0.25) is 0 Å². The number of fused-ring (bicyclic) bond motifs is 1. The molecule has 0 unspecified atom stereocenters. The van der Waals surface area contributed by atoms with E-state index in [1.807, 2.05) is 61.9 Å². The molecule has 0 aliphatic heterocycles. The highest BCUT2D eigenvalue weighted by molar-refractivity contribution is 5.91. The van der Waals surface area contributed by atoms with Crippen LogP contribution >= 0.6 is 0 Å². The van der Waals surface area contributed by atoms with Crippen LogP contribution < -0.4 is 5.01 Å². The van der Waals surface area contributed by atoms with Crippen LogP contribution in [0.25, 0.3) is 17.0 Å². The first kappa shape index (κ1) is 19.5. The van der Waals surface area contributed by atoms with Crippen LogP contribution in [-0.4, -0.2) is 38.9 Å². The molecule has 0 aliphatic rings. The van der Waals surface area contributed by atoms with Crippen molar-refractivity contribution in [2.75, 3.05) is 12.1 Å². The SMILES string of the molecule is C=Cc1cccn1N(C)c1ccnc2ccccc12.O=C(O)/C=C\C(=O)O. The highest BCUT2D eigenvalue weighted by Crippen LogP contribution is 2.25. The minimum Gasteiger partial charge on any atom is -0.478 e. The Kier molecular flexibility index (Phi) is 6.49. The Labute approximate surface area is 156 Å². The van der Waals surface area contributed by atoms with Gasteiger partial charge in [0, 0.05) is 37.0 Å². The molecule has 0 radical (unpaired) electrons. The van der Waals surface area contributed by atoms with Crippen molar-refractivity contribution in [1.82, 2.24) is 9.66 Å². The maximum atomic E-state index is 9.55. The first-order valence-electron chi connectivity index (χ1n) is 7.95. The quantitative estimate of drug-likeness (QED) is 0.674. The van der Waals surface area contributed by atoms with Gasteiger partial charge in [0.15, 0.2) is 0 Å². The summed E-state index contributed by atoms with van der Waals surface area (Å²) in [6.07, 6.45) is 6.82. The molecule has 138 valence electrons. The van der Waals surface area contributed by atoms with Crippen LogP contribution in [0, 0.1) is 0 Å². The van der Waals surface area contributed by atoms with Crippen LogP contribution in [0.3, 0.4) is 0 Å². The number of para-hydroxylation sites is 1. The molecule has 7 nitrogen and oxygen atoms in total. The number of aliphatic carboxylic acids is 2. The van der Waals surface area contributed by atoms with E-state index in [0.29, 0.717) is 12.2 Å². The topological polar surface area (TPSA) is 95.7 Å². The normalized spacial score (nSPS) is 10.3. The second-order valence-electron chi connectivity index (χ2n) is 5.36. The van der Waals surface area contributed by atoms with Gasteiger partial charge in [-0.05, 0) is 30.3 Å². The fourth-order valence-electron chi connectivity index (χ4n) is 2.44. The van der Waals surface area contributed by atoms with Gasteiger partial charge in [-0.25, -0.2) is 9.59 Å². The third-order valence-corrected chi connectivity index (χ3v) is 3.63. The van der Waals surface area contributed by atoms with Crippen LogP contribution in [-0.2, 0) is 9.59 Å². The van der Waals surface area contributed by atoms with Gasteiger partial charge in [-0.2, -0.15) is 0 Å². The number of hydrogen-bond acceptors (Lipinski definition) is 4. The van der Waals surface area contributed by atoms with Gasteiger partial charge in [-0.3, -0.25) is 14.7 Å². The standard InChI is InChI=1S/C16H15N3.C4H4O4/c1-3-13-7-6-12-19(13)18(2)16-10-11-17-15-9-5-4-8-14(15)16;5-3(6)1-2-4(7)8/h3-12H,1H2,2H3;1-2H,(H,5,6)(H,7,8)/b;2-1-. The summed E-state index contributed by atoms with van der Waals surface area (Å²) in [6, 6.07) is 14.2. The first-order chi connectivity index (χ1) is 12.9. The van der Waals surface area contributed by atoms with Crippen LogP contribution in [0.15, 0.2) is 73.6 Å². The van der Waals surface area contributed by atoms with Crippen molar-refractivity contribution in [2.45, 2.75) is 0 Å². The number of carboxylic acids is 2. The molecular formula is C20H19N3O4. The number of carboxylic acid groups (broad SMARTS) is 2. The number of anilines is 1. The summed E-state index contributed by atoms with van der Waals surface area (Å²) in [5.74, 6) is -2.51. The zero-order valence-corrected chi connectivity index (χ0v) is 14.7. The van der Waals surface area contributed by atoms with Crippen LogP contribution in [0.4, 0.5) is 5.69 Å². The van der Waals surface area contributed by atoms with Crippen molar-refractivity contribution >= 4 is 34.6 Å². The number of rotatable bonds is 5. The van der Waals surface area contributed by atoms with E-state index < -0.39 is 11.9 Å². The van der Waals surface area contributed by atoms with Gasteiger partial charge in [0.1, 0.15) is 0 Å². The zero-order valence-electron chi connectivity index (χ0n) is 14.7. The lowest BCUT2D eigenvalue weighted by Gasteiger charge is -2.24. The molecule has 1 aromatic carbocycles. The molecule has 7 heteroatoms. The van der Waals surface area contributed by atoms with Crippen molar-refractivity contribution in [3.05, 3.63) is 79.3 Å². The molecule has 2 heterocycles. The van der Waals surface area contributed by atoms with Crippen molar-refractivity contribution in [1.29, 1.82) is 0 Å². The van der Waals surface area contributed by atoms with Crippen LogP contribution in [0.1, 0.15) is 5.69 Å². The Hall–Kier alpha value is -3.87. The maximum Gasteiger partial charge on any atom is 0.328 e. The summed E-state index contributed by atoms with van der Waals surface area (Å²) in [5.41, 5.74) is 3.17. The molecule has 0 fully saturated rings. The number of nitrogens with zero attached hydrogens (tertiary/aromatic N) is 3. The van der Waals surface area contributed by atoms with E-state index >= 15 is 0 Å². The molecule has 0 aliphatic carbocycles. The van der Waals surface area contributed by atoms with E-state index in [-0.39, 0.29) is 0 Å². The van der Waals surface area contributed by atoms with Gasteiger partial charge in [0.05, 0.1) is 16.9 Å².